The van der Waals surface area contributed by atoms with Gasteiger partial charge in [0.1, 0.15) is 11.4 Å². The molecule has 0 amide bonds. The number of tetrazole rings is 1. The molecule has 25 heavy (non-hydrogen) atoms. The van der Waals surface area contributed by atoms with Crippen LogP contribution in [0.3, 0.4) is 0 Å². The highest BCUT2D eigenvalue weighted by molar-refractivity contribution is 7.99. The average Bonchev–Trinajstić information content (AvgIpc) is 3.09. The van der Waals surface area contributed by atoms with E-state index in [1.54, 1.807) is 23.9 Å². The van der Waals surface area contributed by atoms with Crippen LogP contribution in [-0.4, -0.2) is 32.2 Å². The molecule has 8 nitrogen and oxygen atoms in total. The molecule has 128 valence electrons. The Morgan fingerprint density at radius 1 is 1.24 bits per heavy atom. The van der Waals surface area contributed by atoms with Gasteiger partial charge in [0.2, 0.25) is 5.16 Å². The molecular formula is C16H15N5O3S. The van der Waals surface area contributed by atoms with E-state index in [2.05, 4.69) is 15.5 Å². The zero-order valence-corrected chi connectivity index (χ0v) is 14.4. The van der Waals surface area contributed by atoms with Crippen molar-refractivity contribution in [1.82, 2.24) is 20.2 Å². The van der Waals surface area contributed by atoms with Gasteiger partial charge >= 0.3 is 0 Å². The topological polar surface area (TPSA) is 96.0 Å². The first-order valence-corrected chi connectivity index (χ1v) is 8.31. The number of hydrogen-bond acceptors (Lipinski definition) is 7. The smallest absolute Gasteiger partial charge is 0.269 e. The first-order valence-electron chi connectivity index (χ1n) is 7.43. The second-order valence-corrected chi connectivity index (χ2v) is 6.47. The van der Waals surface area contributed by atoms with Crippen LogP contribution in [0.2, 0.25) is 0 Å². The van der Waals surface area contributed by atoms with E-state index < -0.39 is 4.92 Å². The molecule has 0 aliphatic heterocycles. The van der Waals surface area contributed by atoms with Crippen LogP contribution in [0.1, 0.15) is 17.7 Å². The molecule has 0 spiro atoms. The van der Waals surface area contributed by atoms with Crippen molar-refractivity contribution in [1.29, 1.82) is 0 Å². The van der Waals surface area contributed by atoms with Gasteiger partial charge in [-0.25, -0.2) is 0 Å². The third kappa shape index (κ3) is 3.61. The van der Waals surface area contributed by atoms with Crippen molar-refractivity contribution in [3.8, 4) is 11.4 Å². The number of nitro groups is 1. The molecule has 0 aliphatic carbocycles. The van der Waals surface area contributed by atoms with Crippen LogP contribution in [0, 0.1) is 10.1 Å². The molecule has 0 bridgehead atoms. The molecular weight excluding hydrogens is 342 g/mol. The maximum absolute atomic E-state index is 11.0. The predicted molar refractivity (Wildman–Crippen MR) is 93.1 cm³/mol. The Labute approximate surface area is 148 Å². The van der Waals surface area contributed by atoms with E-state index in [4.69, 9.17) is 4.74 Å². The first-order chi connectivity index (χ1) is 12.1. The van der Waals surface area contributed by atoms with Crippen LogP contribution in [0.15, 0.2) is 53.7 Å². The quantitative estimate of drug-likeness (QED) is 0.379. The highest BCUT2D eigenvalue weighted by Crippen LogP contribution is 2.36. The molecule has 1 heterocycles. The van der Waals surface area contributed by atoms with Crippen LogP contribution < -0.4 is 4.74 Å². The SMILES string of the molecule is COc1ccccc1-n1nnnc1S[C@H](C)c1cccc([N+](=O)[O-])c1. The summed E-state index contributed by atoms with van der Waals surface area (Å²) in [7, 11) is 1.59. The number of nitrogens with zero attached hydrogens (tertiary/aromatic N) is 5. The number of nitro benzene ring substituents is 1. The largest absolute Gasteiger partial charge is 0.494 e. The highest BCUT2D eigenvalue weighted by atomic mass is 32.2. The molecule has 0 fully saturated rings. The molecule has 0 N–H and O–H groups in total. The van der Waals surface area contributed by atoms with E-state index >= 15 is 0 Å². The number of hydrogen-bond donors (Lipinski definition) is 0. The average molecular weight is 357 g/mol. The normalized spacial score (nSPS) is 11.9. The maximum Gasteiger partial charge on any atom is 0.269 e. The summed E-state index contributed by atoms with van der Waals surface area (Å²) >= 11 is 1.41. The fourth-order valence-electron chi connectivity index (χ4n) is 2.33. The van der Waals surface area contributed by atoms with Gasteiger partial charge in [-0.2, -0.15) is 4.68 Å². The molecule has 3 rings (SSSR count). The Balaban J connectivity index is 1.89. The van der Waals surface area contributed by atoms with E-state index in [1.165, 1.54) is 17.8 Å². The van der Waals surface area contributed by atoms with Crippen LogP contribution >= 0.6 is 11.8 Å². The second kappa shape index (κ2) is 7.31. The minimum Gasteiger partial charge on any atom is -0.494 e. The molecule has 3 aromatic rings. The summed E-state index contributed by atoms with van der Waals surface area (Å²) in [6.45, 7) is 1.95. The lowest BCUT2D eigenvalue weighted by atomic mass is 10.1. The summed E-state index contributed by atoms with van der Waals surface area (Å²) in [5.74, 6) is 0.652. The molecule has 0 saturated heterocycles. The van der Waals surface area contributed by atoms with E-state index in [1.807, 2.05) is 37.3 Å². The van der Waals surface area contributed by atoms with Gasteiger partial charge in [0.05, 0.1) is 12.0 Å². The fraction of sp³-hybridized carbons (Fsp3) is 0.188. The summed E-state index contributed by atoms with van der Waals surface area (Å²) in [5, 5.41) is 23.3. The van der Waals surface area contributed by atoms with Crippen LogP contribution in [-0.2, 0) is 0 Å². The summed E-state index contributed by atoms with van der Waals surface area (Å²) in [6.07, 6.45) is 0. The van der Waals surface area contributed by atoms with Gasteiger partial charge in [0.15, 0.2) is 0 Å². The number of rotatable bonds is 6. The zero-order chi connectivity index (χ0) is 17.8. The van der Waals surface area contributed by atoms with E-state index in [0.29, 0.717) is 10.9 Å². The van der Waals surface area contributed by atoms with Gasteiger partial charge in [-0.15, -0.1) is 5.10 Å². The molecule has 2 aromatic carbocycles. The van der Waals surface area contributed by atoms with Gasteiger partial charge in [-0.3, -0.25) is 10.1 Å². The lowest BCUT2D eigenvalue weighted by Crippen LogP contribution is -2.02. The molecule has 0 radical (unpaired) electrons. The number of aromatic nitrogens is 4. The van der Waals surface area contributed by atoms with Crippen molar-refractivity contribution in [2.75, 3.05) is 7.11 Å². The zero-order valence-electron chi connectivity index (χ0n) is 13.6. The molecule has 0 unspecified atom stereocenters. The van der Waals surface area contributed by atoms with Crippen molar-refractivity contribution < 1.29 is 9.66 Å². The third-order valence-corrected chi connectivity index (χ3v) is 4.68. The third-order valence-electron chi connectivity index (χ3n) is 3.59. The number of ether oxygens (including phenoxy) is 1. The Morgan fingerprint density at radius 2 is 2.04 bits per heavy atom. The van der Waals surface area contributed by atoms with Crippen LogP contribution in [0.25, 0.3) is 5.69 Å². The van der Waals surface area contributed by atoms with E-state index in [0.717, 1.165) is 11.3 Å². The van der Waals surface area contributed by atoms with Crippen molar-refractivity contribution in [2.24, 2.45) is 0 Å². The predicted octanol–water partition coefficient (Wildman–Crippen LogP) is 3.43. The van der Waals surface area contributed by atoms with Gasteiger partial charge in [0, 0.05) is 17.4 Å². The van der Waals surface area contributed by atoms with Crippen molar-refractivity contribution in [2.45, 2.75) is 17.3 Å². The molecule has 1 aromatic heterocycles. The van der Waals surface area contributed by atoms with Crippen molar-refractivity contribution in [3.05, 3.63) is 64.2 Å². The molecule has 1 atom stereocenters. The van der Waals surface area contributed by atoms with E-state index in [9.17, 15) is 10.1 Å². The summed E-state index contributed by atoms with van der Waals surface area (Å²) in [5.41, 5.74) is 1.62. The van der Waals surface area contributed by atoms with E-state index in [-0.39, 0.29) is 10.9 Å². The lowest BCUT2D eigenvalue weighted by molar-refractivity contribution is -0.384. The second-order valence-electron chi connectivity index (χ2n) is 5.16. The minimum absolute atomic E-state index is 0.0641. The van der Waals surface area contributed by atoms with Gasteiger partial charge in [-0.1, -0.05) is 36.0 Å². The Morgan fingerprint density at radius 3 is 2.80 bits per heavy atom. The summed E-state index contributed by atoms with van der Waals surface area (Å²) in [4.78, 5) is 10.5. The molecule has 9 heteroatoms. The first kappa shape index (κ1) is 16.9. The molecule has 0 aliphatic rings. The lowest BCUT2D eigenvalue weighted by Gasteiger charge is -2.12. The summed E-state index contributed by atoms with van der Waals surface area (Å²) < 4.78 is 6.95. The Hall–Kier alpha value is -2.94. The Bertz CT molecular complexity index is 899. The number of thioether (sulfide) groups is 1. The van der Waals surface area contributed by atoms with Crippen molar-refractivity contribution in [3.63, 3.8) is 0 Å². The number of non-ortho nitro benzene ring substituents is 1. The standard InChI is InChI=1S/C16H15N5O3S/c1-11(12-6-5-7-13(10-12)21(22)23)25-16-17-18-19-20(16)14-8-3-4-9-15(14)24-2/h3-11H,1-2H3/t11-/m1/s1. The monoisotopic (exact) mass is 357 g/mol. The van der Waals surface area contributed by atoms with Gasteiger partial charge in [0.25, 0.3) is 5.69 Å². The maximum atomic E-state index is 11.0. The number of para-hydroxylation sites is 2. The van der Waals surface area contributed by atoms with Crippen molar-refractivity contribution >= 4 is 17.4 Å². The fourth-order valence-corrected chi connectivity index (χ4v) is 3.24. The molecule has 0 saturated carbocycles. The van der Waals surface area contributed by atoms with Gasteiger partial charge < -0.3 is 4.74 Å². The summed E-state index contributed by atoms with van der Waals surface area (Å²) in [6, 6.07) is 14.0. The highest BCUT2D eigenvalue weighted by Gasteiger charge is 2.18. The number of benzene rings is 2. The minimum atomic E-state index is -0.403. The number of methoxy groups -OCH3 is 1. The Kier molecular flexibility index (Phi) is 4.94. The van der Waals surface area contributed by atoms with Crippen LogP contribution in [0.4, 0.5) is 5.69 Å². The van der Waals surface area contributed by atoms with Gasteiger partial charge in [-0.05, 0) is 35.0 Å². The van der Waals surface area contributed by atoms with Crippen LogP contribution in [0.5, 0.6) is 5.75 Å².